The minimum Gasteiger partial charge on any atom is -0.490 e. The maximum absolute atomic E-state index is 12.9. The third-order valence-electron chi connectivity index (χ3n) is 5.44. The first-order valence-electron chi connectivity index (χ1n) is 11.2. The number of imide groups is 1. The number of thioether (sulfide) groups is 1. The van der Waals surface area contributed by atoms with Gasteiger partial charge in [-0.2, -0.15) is 0 Å². The maximum Gasteiger partial charge on any atom is 0.293 e. The number of carbonyl (C=O) groups excluding carboxylic acids is 3. The summed E-state index contributed by atoms with van der Waals surface area (Å²) >= 11 is 7.07. The van der Waals surface area contributed by atoms with E-state index in [2.05, 4.69) is 0 Å². The van der Waals surface area contributed by atoms with Crippen molar-refractivity contribution in [2.24, 2.45) is 0 Å². The molecule has 2 aliphatic heterocycles. The van der Waals surface area contributed by atoms with Crippen LogP contribution in [-0.4, -0.2) is 66.4 Å². The molecule has 4 rings (SSSR count). The van der Waals surface area contributed by atoms with Gasteiger partial charge in [0, 0.05) is 18.1 Å². The molecule has 0 saturated carbocycles. The number of ether oxygens (including phenoxy) is 3. The van der Waals surface area contributed by atoms with Crippen LogP contribution in [0.3, 0.4) is 0 Å². The zero-order valence-corrected chi connectivity index (χ0v) is 20.8. The lowest BCUT2D eigenvalue weighted by atomic mass is 10.1. The van der Waals surface area contributed by atoms with Crippen LogP contribution in [0.2, 0.25) is 5.02 Å². The minimum atomic E-state index is -0.380. The van der Waals surface area contributed by atoms with E-state index in [1.807, 2.05) is 13.0 Å². The predicted molar refractivity (Wildman–Crippen MR) is 133 cm³/mol. The Kier molecular flexibility index (Phi) is 8.33. The van der Waals surface area contributed by atoms with Crippen molar-refractivity contribution in [2.45, 2.75) is 13.5 Å². The van der Waals surface area contributed by atoms with Gasteiger partial charge in [0.15, 0.2) is 18.1 Å². The van der Waals surface area contributed by atoms with Crippen molar-refractivity contribution in [3.8, 4) is 11.5 Å². The number of halogens is 1. The second kappa shape index (κ2) is 11.6. The van der Waals surface area contributed by atoms with Gasteiger partial charge in [0.25, 0.3) is 17.1 Å². The molecule has 0 unspecified atom stereocenters. The summed E-state index contributed by atoms with van der Waals surface area (Å²) in [5, 5.41) is 0.146. The van der Waals surface area contributed by atoms with E-state index in [1.165, 1.54) is 4.90 Å². The highest BCUT2D eigenvalue weighted by molar-refractivity contribution is 8.18. The average Bonchev–Trinajstić information content (AvgIpc) is 3.12. The summed E-state index contributed by atoms with van der Waals surface area (Å²) in [6.07, 6.45) is 1.64. The van der Waals surface area contributed by atoms with Gasteiger partial charge in [-0.15, -0.1) is 0 Å². The van der Waals surface area contributed by atoms with Gasteiger partial charge in [-0.1, -0.05) is 35.9 Å². The second-order valence-electron chi connectivity index (χ2n) is 7.78. The number of hydrogen-bond donors (Lipinski definition) is 0. The van der Waals surface area contributed by atoms with E-state index in [-0.39, 0.29) is 30.2 Å². The normalized spacial score (nSPS) is 17.3. The first-order chi connectivity index (χ1) is 17.0. The standard InChI is InChI=1S/C25H25ClN2O6S/c1-2-33-21-13-17(7-8-20(21)34-16-23(29)27-9-11-32-12-10-27)14-22-24(30)28(25(31)35-22)15-18-5-3-4-6-19(18)26/h3-8,13-14H,2,9-12,15-16H2,1H3/b22-14-. The van der Waals surface area contributed by atoms with E-state index in [0.29, 0.717) is 65.5 Å². The lowest BCUT2D eigenvalue weighted by Crippen LogP contribution is -2.43. The molecule has 184 valence electrons. The number of rotatable bonds is 8. The van der Waals surface area contributed by atoms with Gasteiger partial charge in [-0.05, 0) is 54.1 Å². The van der Waals surface area contributed by atoms with Gasteiger partial charge in [0.05, 0.1) is 31.3 Å². The fourth-order valence-electron chi connectivity index (χ4n) is 3.63. The van der Waals surface area contributed by atoms with Crippen LogP contribution in [0.15, 0.2) is 47.4 Å². The molecule has 0 radical (unpaired) electrons. The van der Waals surface area contributed by atoms with Crippen molar-refractivity contribution in [3.63, 3.8) is 0 Å². The molecule has 2 heterocycles. The Hall–Kier alpha value is -3.01. The number of benzene rings is 2. The third-order valence-corrected chi connectivity index (χ3v) is 6.72. The zero-order chi connectivity index (χ0) is 24.8. The van der Waals surface area contributed by atoms with E-state index >= 15 is 0 Å². The number of hydrogen-bond acceptors (Lipinski definition) is 7. The Labute approximate surface area is 212 Å². The highest BCUT2D eigenvalue weighted by atomic mass is 35.5. The number of carbonyl (C=O) groups is 3. The molecule has 0 aliphatic carbocycles. The summed E-state index contributed by atoms with van der Waals surface area (Å²) in [4.78, 5) is 41.0. The monoisotopic (exact) mass is 516 g/mol. The minimum absolute atomic E-state index is 0.107. The molecule has 0 bridgehead atoms. The van der Waals surface area contributed by atoms with Crippen LogP contribution in [0.5, 0.6) is 11.5 Å². The van der Waals surface area contributed by atoms with Crippen LogP contribution in [0.25, 0.3) is 6.08 Å². The second-order valence-corrected chi connectivity index (χ2v) is 9.18. The van der Waals surface area contributed by atoms with Crippen molar-refractivity contribution < 1.29 is 28.6 Å². The smallest absolute Gasteiger partial charge is 0.293 e. The third kappa shape index (κ3) is 6.17. The molecule has 2 saturated heterocycles. The first kappa shape index (κ1) is 25.1. The summed E-state index contributed by atoms with van der Waals surface area (Å²) < 4.78 is 16.7. The van der Waals surface area contributed by atoms with Gasteiger partial charge in [-0.3, -0.25) is 19.3 Å². The number of nitrogens with zero attached hydrogens (tertiary/aromatic N) is 2. The molecular formula is C25H25ClN2O6S. The molecular weight excluding hydrogens is 492 g/mol. The van der Waals surface area contributed by atoms with E-state index in [1.54, 1.807) is 47.4 Å². The Bertz CT molecular complexity index is 1150. The highest BCUT2D eigenvalue weighted by Gasteiger charge is 2.35. The van der Waals surface area contributed by atoms with Gasteiger partial charge in [0.2, 0.25) is 0 Å². The predicted octanol–water partition coefficient (Wildman–Crippen LogP) is 4.21. The molecule has 0 N–H and O–H groups in total. The van der Waals surface area contributed by atoms with Crippen LogP contribution in [0.1, 0.15) is 18.1 Å². The fraction of sp³-hybridized carbons (Fsp3) is 0.320. The lowest BCUT2D eigenvalue weighted by Gasteiger charge is -2.26. The van der Waals surface area contributed by atoms with Crippen LogP contribution < -0.4 is 9.47 Å². The van der Waals surface area contributed by atoms with E-state index in [9.17, 15) is 14.4 Å². The van der Waals surface area contributed by atoms with Crippen molar-refractivity contribution in [3.05, 3.63) is 63.5 Å². The summed E-state index contributed by atoms with van der Waals surface area (Å²) in [7, 11) is 0. The quantitative estimate of drug-likeness (QED) is 0.486. The van der Waals surface area contributed by atoms with Crippen LogP contribution in [0, 0.1) is 0 Å². The van der Waals surface area contributed by atoms with E-state index in [0.717, 1.165) is 11.8 Å². The molecule has 2 aromatic carbocycles. The fourth-order valence-corrected chi connectivity index (χ4v) is 4.66. The Morgan fingerprint density at radius 1 is 1.11 bits per heavy atom. The Morgan fingerprint density at radius 2 is 1.89 bits per heavy atom. The van der Waals surface area contributed by atoms with Crippen molar-refractivity contribution in [1.82, 2.24) is 9.80 Å². The molecule has 0 aromatic heterocycles. The van der Waals surface area contributed by atoms with Crippen LogP contribution in [-0.2, 0) is 20.9 Å². The molecule has 3 amide bonds. The average molecular weight is 517 g/mol. The molecule has 0 spiro atoms. The molecule has 0 atom stereocenters. The first-order valence-corrected chi connectivity index (χ1v) is 12.4. The lowest BCUT2D eigenvalue weighted by molar-refractivity contribution is -0.137. The Morgan fingerprint density at radius 3 is 2.63 bits per heavy atom. The van der Waals surface area contributed by atoms with Gasteiger partial charge in [-0.25, -0.2) is 0 Å². The highest BCUT2D eigenvalue weighted by Crippen LogP contribution is 2.36. The van der Waals surface area contributed by atoms with Crippen LogP contribution in [0.4, 0.5) is 4.79 Å². The molecule has 2 aliphatic rings. The van der Waals surface area contributed by atoms with E-state index in [4.69, 9.17) is 25.8 Å². The summed E-state index contributed by atoms with van der Waals surface area (Å²) in [6, 6.07) is 12.3. The van der Waals surface area contributed by atoms with Crippen molar-refractivity contribution in [2.75, 3.05) is 39.5 Å². The molecule has 2 fully saturated rings. The number of amides is 3. The molecule has 2 aromatic rings. The zero-order valence-electron chi connectivity index (χ0n) is 19.2. The van der Waals surface area contributed by atoms with Crippen molar-refractivity contribution >= 4 is 46.5 Å². The molecule has 8 nitrogen and oxygen atoms in total. The Balaban J connectivity index is 1.46. The van der Waals surface area contributed by atoms with Crippen LogP contribution >= 0.6 is 23.4 Å². The summed E-state index contributed by atoms with van der Waals surface area (Å²) in [6.45, 7) is 4.37. The van der Waals surface area contributed by atoms with Gasteiger partial charge < -0.3 is 19.1 Å². The number of morpholine rings is 1. The van der Waals surface area contributed by atoms with Gasteiger partial charge in [0.1, 0.15) is 0 Å². The SMILES string of the molecule is CCOc1cc(/C=C2\SC(=O)N(Cc3ccccc3Cl)C2=O)ccc1OCC(=O)N1CCOCC1. The summed E-state index contributed by atoms with van der Waals surface area (Å²) in [5.74, 6) is 0.380. The molecule has 10 heteroatoms. The van der Waals surface area contributed by atoms with Crippen molar-refractivity contribution in [1.29, 1.82) is 0 Å². The largest absolute Gasteiger partial charge is 0.490 e. The molecule has 35 heavy (non-hydrogen) atoms. The summed E-state index contributed by atoms with van der Waals surface area (Å²) in [5.41, 5.74) is 1.37. The van der Waals surface area contributed by atoms with Gasteiger partial charge >= 0.3 is 0 Å². The van der Waals surface area contributed by atoms with E-state index < -0.39 is 0 Å². The maximum atomic E-state index is 12.9. The topological polar surface area (TPSA) is 85.4 Å².